The van der Waals surface area contributed by atoms with Crippen LogP contribution in [0.3, 0.4) is 0 Å². The maximum absolute atomic E-state index is 8.86. The molecule has 0 saturated carbocycles. The minimum absolute atomic E-state index is 0.0448. The van der Waals surface area contributed by atoms with Crippen molar-refractivity contribution in [3.63, 3.8) is 0 Å². The Bertz CT molecular complexity index is 685. The topological polar surface area (TPSA) is 119 Å². The average Bonchev–Trinajstić information content (AvgIpc) is 3.14. The van der Waals surface area contributed by atoms with Gasteiger partial charge in [-0.25, -0.2) is 15.0 Å². The van der Waals surface area contributed by atoms with Crippen LogP contribution in [0.5, 0.6) is 0 Å². The van der Waals surface area contributed by atoms with Crippen LogP contribution in [0.1, 0.15) is 12.5 Å². The van der Waals surface area contributed by atoms with Gasteiger partial charge in [0.25, 0.3) is 0 Å². The summed E-state index contributed by atoms with van der Waals surface area (Å²) in [5, 5.41) is 0. The molecule has 0 aromatic carbocycles. The Balaban J connectivity index is 0.000000847. The number of imidazole rings is 1. The average molecular weight is 321 g/mol. The van der Waals surface area contributed by atoms with Gasteiger partial charge < -0.3 is 24.8 Å². The number of nitrogen functional groups attached to an aromatic ring is 1. The molecule has 2 unspecified atom stereocenters. The molecule has 1 aliphatic rings. The highest BCUT2D eigenvalue weighted by Gasteiger charge is 2.23. The molecule has 0 spiro atoms. The van der Waals surface area contributed by atoms with Gasteiger partial charge in [-0.2, -0.15) is 0 Å². The number of rotatable bonds is 4. The number of aromatic nitrogens is 4. The van der Waals surface area contributed by atoms with Gasteiger partial charge in [0.15, 0.2) is 19.8 Å². The molecule has 9 heteroatoms. The van der Waals surface area contributed by atoms with Gasteiger partial charge in [-0.15, -0.1) is 12.8 Å². The third kappa shape index (κ3) is 3.40. The van der Waals surface area contributed by atoms with Crippen LogP contribution in [0.15, 0.2) is 24.8 Å². The summed E-state index contributed by atoms with van der Waals surface area (Å²) in [6.07, 6.45) is 15.5. The van der Waals surface area contributed by atoms with E-state index in [9.17, 15) is 0 Å². The highest BCUT2D eigenvalue weighted by Crippen LogP contribution is 2.31. The Morgan fingerprint density at radius 1 is 1.32 bits per heavy atom. The van der Waals surface area contributed by atoms with Crippen LogP contribution in [0.25, 0.3) is 11.2 Å². The molecular weight excluding hydrogens is 305 g/mol. The van der Waals surface area contributed by atoms with E-state index in [2.05, 4.69) is 27.8 Å². The Kier molecular flexibility index (Phi) is 5.41. The molecule has 3 rings (SSSR count). The first kappa shape index (κ1) is 16.3. The summed E-state index contributed by atoms with van der Waals surface area (Å²) in [5.41, 5.74) is 7.02. The fourth-order valence-corrected chi connectivity index (χ4v) is 2.58. The largest absolute Gasteiger partial charge is 0.382 e. The lowest BCUT2D eigenvalue weighted by Gasteiger charge is -2.14. The van der Waals surface area contributed by atoms with Crippen LogP contribution in [0.4, 0.5) is 5.82 Å². The van der Waals surface area contributed by atoms with E-state index >= 15 is 0 Å². The monoisotopic (exact) mass is 321 g/mol. The molecule has 0 saturated heterocycles. The molecule has 2 aromatic heterocycles. The maximum Gasteiger partial charge on any atom is 0.192 e. The van der Waals surface area contributed by atoms with Crippen molar-refractivity contribution in [2.45, 2.75) is 18.6 Å². The highest BCUT2D eigenvalue weighted by molar-refractivity contribution is 7.44. The van der Waals surface area contributed by atoms with Crippen molar-refractivity contribution in [2.24, 2.45) is 0 Å². The molecule has 0 fully saturated rings. The zero-order valence-electron chi connectivity index (χ0n) is 11.6. The van der Waals surface area contributed by atoms with Crippen LogP contribution < -0.4 is 5.73 Å². The quantitative estimate of drug-likeness (QED) is 0.433. The molecule has 2 aromatic rings. The molecule has 0 aliphatic heterocycles. The van der Waals surface area contributed by atoms with Gasteiger partial charge in [-0.1, -0.05) is 12.2 Å². The zero-order valence-corrected chi connectivity index (χ0v) is 12.5. The van der Waals surface area contributed by atoms with E-state index in [1.807, 2.05) is 16.7 Å². The van der Waals surface area contributed by atoms with E-state index in [0.717, 1.165) is 0 Å². The molecule has 2 atom stereocenters. The van der Waals surface area contributed by atoms with Crippen molar-refractivity contribution in [1.29, 1.82) is 0 Å². The van der Waals surface area contributed by atoms with Gasteiger partial charge in [0.05, 0.1) is 18.5 Å². The van der Waals surface area contributed by atoms with Crippen molar-refractivity contribution in [2.75, 3.05) is 12.1 Å². The fourth-order valence-electron chi connectivity index (χ4n) is 2.25. The number of nitrogens with two attached hydrogens (primary N) is 1. The SMILES string of the molecule is C#C.Nc1ncnc2c1ncn2C1C=CC(OCP(O)O)C1. The molecule has 0 amide bonds. The minimum atomic E-state index is -2.02. The first-order valence-electron chi connectivity index (χ1n) is 6.36. The lowest BCUT2D eigenvalue weighted by molar-refractivity contribution is 0.109. The summed E-state index contributed by atoms with van der Waals surface area (Å²) in [5.74, 6) is 0.356. The number of hydrogen-bond donors (Lipinski definition) is 3. The molecule has 0 radical (unpaired) electrons. The minimum Gasteiger partial charge on any atom is -0.382 e. The first-order valence-corrected chi connectivity index (χ1v) is 7.80. The van der Waals surface area contributed by atoms with Crippen LogP contribution in [0.2, 0.25) is 0 Å². The van der Waals surface area contributed by atoms with Crippen LogP contribution >= 0.6 is 8.38 Å². The number of terminal acetylenes is 1. The number of allylic oxidation sites excluding steroid dienone is 1. The van der Waals surface area contributed by atoms with Gasteiger partial charge in [-0.3, -0.25) is 0 Å². The molecular formula is C13H16N5O3P. The summed E-state index contributed by atoms with van der Waals surface area (Å²) in [7, 11) is -2.02. The van der Waals surface area contributed by atoms with E-state index in [4.69, 9.17) is 20.3 Å². The second-order valence-electron chi connectivity index (χ2n) is 4.48. The first-order chi connectivity index (χ1) is 10.6. The summed E-state index contributed by atoms with van der Waals surface area (Å²) in [6.45, 7) is 0. The number of nitrogens with zero attached hydrogens (tertiary/aromatic N) is 4. The zero-order chi connectivity index (χ0) is 16.1. The van der Waals surface area contributed by atoms with Crippen molar-refractivity contribution < 1.29 is 14.5 Å². The normalized spacial score (nSPS) is 20.2. The van der Waals surface area contributed by atoms with Crippen molar-refractivity contribution in [1.82, 2.24) is 19.5 Å². The number of ether oxygens (including phenoxy) is 1. The summed E-state index contributed by atoms with van der Waals surface area (Å²) in [6, 6.07) is 0.0583. The highest BCUT2D eigenvalue weighted by atomic mass is 31.2. The molecule has 22 heavy (non-hydrogen) atoms. The Morgan fingerprint density at radius 2 is 2.09 bits per heavy atom. The van der Waals surface area contributed by atoms with E-state index < -0.39 is 8.38 Å². The van der Waals surface area contributed by atoms with Gasteiger partial charge >= 0.3 is 0 Å². The standard InChI is InChI=1S/C11H14N5O3P.C2H2/c12-10-9-11(14-4-13-10)16(5-15-9)7-1-2-8(3-7)19-6-20(17)18;1-2/h1-2,4-5,7-8,17-18H,3,6H2,(H2,12,13,14);1-2H. The molecule has 0 bridgehead atoms. The van der Waals surface area contributed by atoms with Crippen molar-refractivity contribution in [3.8, 4) is 12.8 Å². The Hall–Kier alpha value is -2.04. The molecule has 8 nitrogen and oxygen atoms in total. The van der Waals surface area contributed by atoms with Gasteiger partial charge in [-0.05, 0) is 0 Å². The number of anilines is 1. The van der Waals surface area contributed by atoms with Gasteiger partial charge in [0, 0.05) is 6.42 Å². The second kappa shape index (κ2) is 7.29. The fraction of sp³-hybridized carbons (Fsp3) is 0.308. The van der Waals surface area contributed by atoms with Crippen molar-refractivity contribution in [3.05, 3.63) is 24.8 Å². The second-order valence-corrected chi connectivity index (χ2v) is 5.48. The number of fused-ring (bicyclic) bond motifs is 1. The van der Waals surface area contributed by atoms with Crippen LogP contribution in [0, 0.1) is 12.8 Å². The van der Waals surface area contributed by atoms with Gasteiger partial charge in [0.2, 0.25) is 0 Å². The van der Waals surface area contributed by atoms with E-state index in [1.165, 1.54) is 6.33 Å². The summed E-state index contributed by atoms with van der Waals surface area (Å²) < 4.78 is 7.29. The Morgan fingerprint density at radius 3 is 2.82 bits per heavy atom. The Labute approximate surface area is 128 Å². The van der Waals surface area contributed by atoms with Crippen LogP contribution in [-0.4, -0.2) is 41.8 Å². The predicted molar refractivity (Wildman–Crippen MR) is 83.5 cm³/mol. The summed E-state index contributed by atoms with van der Waals surface area (Å²) in [4.78, 5) is 30.1. The van der Waals surface area contributed by atoms with E-state index in [1.54, 1.807) is 6.33 Å². The predicted octanol–water partition coefficient (Wildman–Crippen LogP) is 0.798. The van der Waals surface area contributed by atoms with Crippen molar-refractivity contribution >= 4 is 25.4 Å². The van der Waals surface area contributed by atoms with E-state index in [-0.39, 0.29) is 18.5 Å². The molecule has 1 aliphatic carbocycles. The van der Waals surface area contributed by atoms with Crippen LogP contribution in [-0.2, 0) is 4.74 Å². The smallest absolute Gasteiger partial charge is 0.192 e. The van der Waals surface area contributed by atoms with E-state index in [0.29, 0.717) is 23.4 Å². The lowest BCUT2D eigenvalue weighted by atomic mass is 10.2. The third-order valence-corrected chi connectivity index (χ3v) is 3.55. The number of hydrogen-bond acceptors (Lipinski definition) is 7. The molecule has 116 valence electrons. The third-order valence-electron chi connectivity index (χ3n) is 3.17. The summed E-state index contributed by atoms with van der Waals surface area (Å²) >= 11 is 0. The molecule has 2 heterocycles. The lowest BCUT2D eigenvalue weighted by Crippen LogP contribution is -2.12. The van der Waals surface area contributed by atoms with Gasteiger partial charge in [0.1, 0.15) is 18.2 Å². The maximum atomic E-state index is 8.86. The molecule has 4 N–H and O–H groups in total.